The van der Waals surface area contributed by atoms with Crippen molar-refractivity contribution in [1.82, 2.24) is 4.98 Å². The number of esters is 1. The number of rotatable bonds is 5. The molecular weight excluding hydrogens is 257 g/mol. The van der Waals surface area contributed by atoms with Crippen molar-refractivity contribution in [2.24, 2.45) is 11.8 Å². The molecule has 1 fully saturated rings. The molecule has 0 N–H and O–H groups in total. The maximum absolute atomic E-state index is 12.7. The summed E-state index contributed by atoms with van der Waals surface area (Å²) < 4.78 is 17.9. The maximum Gasteiger partial charge on any atom is 0.314 e. The molecule has 1 aromatic heterocycles. The van der Waals surface area contributed by atoms with Gasteiger partial charge in [-0.25, -0.2) is 4.98 Å². The second-order valence-electron chi connectivity index (χ2n) is 5.60. The van der Waals surface area contributed by atoms with Crippen molar-refractivity contribution in [3.63, 3.8) is 0 Å². The van der Waals surface area contributed by atoms with Crippen LogP contribution in [-0.2, 0) is 4.79 Å². The Morgan fingerprint density at radius 3 is 2.70 bits per heavy atom. The van der Waals surface area contributed by atoms with E-state index in [1.54, 1.807) is 0 Å². The van der Waals surface area contributed by atoms with E-state index in [0.29, 0.717) is 5.75 Å². The molecule has 0 unspecified atom stereocenters. The average Bonchev–Trinajstić information content (AvgIpc) is 2.48. The lowest BCUT2D eigenvalue weighted by Crippen LogP contribution is -2.25. The van der Waals surface area contributed by atoms with Gasteiger partial charge in [0, 0.05) is 0 Å². The number of ether oxygens (including phenoxy) is 1. The summed E-state index contributed by atoms with van der Waals surface area (Å²) in [5.41, 5.74) is 0. The second kappa shape index (κ2) is 7.36. The number of hydrogen-bond donors (Lipinski definition) is 0. The molecule has 0 saturated heterocycles. The maximum atomic E-state index is 12.7. The molecule has 20 heavy (non-hydrogen) atoms. The minimum Gasteiger partial charge on any atom is -0.425 e. The van der Waals surface area contributed by atoms with Crippen molar-refractivity contribution in [1.29, 1.82) is 0 Å². The quantitative estimate of drug-likeness (QED) is 0.601. The fourth-order valence-electron chi connectivity index (χ4n) is 2.80. The van der Waals surface area contributed by atoms with Gasteiger partial charge in [-0.1, -0.05) is 26.2 Å². The summed E-state index contributed by atoms with van der Waals surface area (Å²) in [7, 11) is 0. The fraction of sp³-hybridized carbons (Fsp3) is 0.625. The van der Waals surface area contributed by atoms with Gasteiger partial charge in [0.15, 0.2) is 0 Å². The minimum atomic E-state index is -0.568. The lowest BCUT2D eigenvalue weighted by Gasteiger charge is -2.27. The number of carbonyl (C=O) groups is 1. The summed E-state index contributed by atoms with van der Waals surface area (Å²) in [6.07, 6.45) is 9.08. The SMILES string of the molecule is CCCC[C@H]1CC[C@H](C(=O)Oc2ccc(F)nc2)CC1. The first kappa shape index (κ1) is 14.9. The molecule has 1 aliphatic carbocycles. The predicted molar refractivity (Wildman–Crippen MR) is 74.8 cm³/mol. The number of hydrogen-bond acceptors (Lipinski definition) is 3. The van der Waals surface area contributed by atoms with Crippen LogP contribution in [0.1, 0.15) is 51.9 Å². The number of pyridine rings is 1. The third kappa shape index (κ3) is 4.29. The summed E-state index contributed by atoms with van der Waals surface area (Å²) >= 11 is 0. The van der Waals surface area contributed by atoms with Crippen LogP contribution in [-0.4, -0.2) is 11.0 Å². The molecular formula is C16H22FNO2. The molecule has 4 heteroatoms. The van der Waals surface area contributed by atoms with Crippen molar-refractivity contribution in [3.05, 3.63) is 24.3 Å². The Bertz CT molecular complexity index is 425. The third-order valence-corrected chi connectivity index (χ3v) is 4.06. The van der Waals surface area contributed by atoms with Gasteiger partial charge in [-0.3, -0.25) is 4.79 Å². The number of halogens is 1. The molecule has 0 aromatic carbocycles. The highest BCUT2D eigenvalue weighted by molar-refractivity contribution is 5.75. The standard InChI is InChI=1S/C16H22FNO2/c1-2-3-4-12-5-7-13(8-6-12)16(19)20-14-9-10-15(17)18-11-14/h9-13H,2-8H2,1H3/t12-,13-. The van der Waals surface area contributed by atoms with E-state index >= 15 is 0 Å². The Labute approximate surface area is 119 Å². The van der Waals surface area contributed by atoms with E-state index in [1.165, 1.54) is 37.6 Å². The van der Waals surface area contributed by atoms with Crippen molar-refractivity contribution in [3.8, 4) is 5.75 Å². The van der Waals surface area contributed by atoms with Gasteiger partial charge in [0.1, 0.15) is 5.75 Å². The molecule has 1 heterocycles. The van der Waals surface area contributed by atoms with Crippen LogP contribution in [0.2, 0.25) is 0 Å². The predicted octanol–water partition coefficient (Wildman–Crippen LogP) is 4.12. The van der Waals surface area contributed by atoms with Gasteiger partial charge in [0.05, 0.1) is 12.1 Å². The van der Waals surface area contributed by atoms with Crippen molar-refractivity contribution < 1.29 is 13.9 Å². The zero-order valence-corrected chi connectivity index (χ0v) is 12.0. The molecule has 1 saturated carbocycles. The highest BCUT2D eigenvalue weighted by Gasteiger charge is 2.27. The van der Waals surface area contributed by atoms with Crippen LogP contribution in [0, 0.1) is 17.8 Å². The van der Waals surface area contributed by atoms with Crippen molar-refractivity contribution >= 4 is 5.97 Å². The molecule has 3 nitrogen and oxygen atoms in total. The Hall–Kier alpha value is -1.45. The van der Waals surface area contributed by atoms with Gasteiger partial charge >= 0.3 is 5.97 Å². The molecule has 0 spiro atoms. The first-order chi connectivity index (χ1) is 9.69. The van der Waals surface area contributed by atoms with Gasteiger partial charge in [-0.2, -0.15) is 4.39 Å². The van der Waals surface area contributed by atoms with Crippen LogP contribution >= 0.6 is 0 Å². The summed E-state index contributed by atoms with van der Waals surface area (Å²) in [6.45, 7) is 2.21. The monoisotopic (exact) mass is 279 g/mol. The van der Waals surface area contributed by atoms with E-state index < -0.39 is 5.95 Å². The van der Waals surface area contributed by atoms with Gasteiger partial charge in [-0.05, 0) is 43.7 Å². The van der Waals surface area contributed by atoms with Gasteiger partial charge in [-0.15, -0.1) is 0 Å². The largest absolute Gasteiger partial charge is 0.425 e. The highest BCUT2D eigenvalue weighted by Crippen LogP contribution is 2.32. The highest BCUT2D eigenvalue weighted by atomic mass is 19.1. The van der Waals surface area contributed by atoms with Gasteiger partial charge in [0.25, 0.3) is 0 Å². The lowest BCUT2D eigenvalue weighted by molar-refractivity contribution is -0.140. The van der Waals surface area contributed by atoms with Crippen LogP contribution in [0.3, 0.4) is 0 Å². The molecule has 1 aromatic rings. The number of carbonyl (C=O) groups excluding carboxylic acids is 1. The van der Waals surface area contributed by atoms with E-state index in [4.69, 9.17) is 4.74 Å². The summed E-state index contributed by atoms with van der Waals surface area (Å²) in [5, 5.41) is 0. The van der Waals surface area contributed by atoms with Crippen LogP contribution in [0.25, 0.3) is 0 Å². The topological polar surface area (TPSA) is 39.2 Å². The first-order valence-electron chi connectivity index (χ1n) is 7.52. The average molecular weight is 279 g/mol. The van der Waals surface area contributed by atoms with Crippen molar-refractivity contribution in [2.75, 3.05) is 0 Å². The molecule has 0 radical (unpaired) electrons. The van der Waals surface area contributed by atoms with Crippen LogP contribution in [0.4, 0.5) is 4.39 Å². The van der Waals surface area contributed by atoms with Crippen molar-refractivity contribution in [2.45, 2.75) is 51.9 Å². The number of aromatic nitrogens is 1. The van der Waals surface area contributed by atoms with Crippen LogP contribution in [0.5, 0.6) is 5.75 Å². The zero-order valence-electron chi connectivity index (χ0n) is 12.0. The van der Waals surface area contributed by atoms with Crippen LogP contribution < -0.4 is 4.74 Å². The zero-order chi connectivity index (χ0) is 14.4. The van der Waals surface area contributed by atoms with E-state index in [9.17, 15) is 9.18 Å². The molecule has 0 aliphatic heterocycles. The first-order valence-corrected chi connectivity index (χ1v) is 7.52. The van der Waals surface area contributed by atoms with Gasteiger partial charge in [0.2, 0.25) is 5.95 Å². The molecule has 0 amide bonds. The number of nitrogens with zero attached hydrogens (tertiary/aromatic N) is 1. The smallest absolute Gasteiger partial charge is 0.314 e. The number of unbranched alkanes of at least 4 members (excludes halogenated alkanes) is 1. The van der Waals surface area contributed by atoms with E-state index in [2.05, 4.69) is 11.9 Å². The molecule has 1 aliphatic rings. The Morgan fingerprint density at radius 1 is 1.35 bits per heavy atom. The summed E-state index contributed by atoms with van der Waals surface area (Å²) in [4.78, 5) is 15.5. The third-order valence-electron chi connectivity index (χ3n) is 4.06. The molecule has 2 rings (SSSR count). The Balaban J connectivity index is 1.78. The minimum absolute atomic E-state index is 0.0158. The Kier molecular flexibility index (Phi) is 5.50. The fourth-order valence-corrected chi connectivity index (χ4v) is 2.80. The molecule has 0 bridgehead atoms. The lowest BCUT2D eigenvalue weighted by atomic mass is 9.80. The van der Waals surface area contributed by atoms with E-state index in [-0.39, 0.29) is 11.9 Å². The summed E-state index contributed by atoms with van der Waals surface area (Å²) in [5.74, 6) is 0.308. The normalized spacial score (nSPS) is 22.5. The van der Waals surface area contributed by atoms with Crippen LogP contribution in [0.15, 0.2) is 18.3 Å². The molecule has 0 atom stereocenters. The summed E-state index contributed by atoms with van der Waals surface area (Å²) in [6, 6.07) is 2.64. The van der Waals surface area contributed by atoms with E-state index in [1.807, 2.05) is 0 Å². The molecule has 110 valence electrons. The van der Waals surface area contributed by atoms with Gasteiger partial charge < -0.3 is 4.74 Å². The Morgan fingerprint density at radius 2 is 2.10 bits per heavy atom. The second-order valence-corrected chi connectivity index (χ2v) is 5.60. The van der Waals surface area contributed by atoms with E-state index in [0.717, 1.165) is 31.6 Å².